The molecule has 4 nitrogen and oxygen atoms in total. The van der Waals surface area contributed by atoms with E-state index in [1.807, 2.05) is 24.5 Å². The number of carbonyl (C=O) groups is 1. The Morgan fingerprint density at radius 1 is 1.22 bits per heavy atom. The van der Waals surface area contributed by atoms with Gasteiger partial charge >= 0.3 is 12.6 Å². The van der Waals surface area contributed by atoms with Crippen molar-refractivity contribution in [1.29, 1.82) is 0 Å². The van der Waals surface area contributed by atoms with E-state index in [1.165, 1.54) is 12.1 Å². The van der Waals surface area contributed by atoms with Crippen molar-refractivity contribution in [3.05, 3.63) is 54.1 Å². The summed E-state index contributed by atoms with van der Waals surface area (Å²) in [4.78, 5) is 12.9. The number of anilines is 1. The van der Waals surface area contributed by atoms with E-state index in [4.69, 9.17) is 0 Å². The van der Waals surface area contributed by atoms with Gasteiger partial charge in [0.15, 0.2) is 0 Å². The van der Waals surface area contributed by atoms with E-state index >= 15 is 0 Å². The van der Waals surface area contributed by atoms with Gasteiger partial charge in [-0.3, -0.25) is 0 Å². The van der Waals surface area contributed by atoms with Crippen LogP contribution in [0.1, 0.15) is 5.56 Å². The van der Waals surface area contributed by atoms with Crippen LogP contribution in [0.3, 0.4) is 0 Å². The van der Waals surface area contributed by atoms with Crippen LogP contribution in [-0.2, 0) is 6.54 Å². The molecule has 0 fully saturated rings. The van der Waals surface area contributed by atoms with Crippen molar-refractivity contribution >= 4 is 23.5 Å². The minimum Gasteiger partial charge on any atom is -0.435 e. The Morgan fingerprint density at radius 3 is 2.61 bits per heavy atom. The minimum atomic E-state index is -2.85. The number of hydrogen-bond donors (Lipinski definition) is 2. The molecule has 7 heteroatoms. The van der Waals surface area contributed by atoms with Gasteiger partial charge in [-0.15, -0.1) is 11.8 Å². The average molecular weight is 338 g/mol. The topological polar surface area (TPSA) is 50.4 Å². The quantitative estimate of drug-likeness (QED) is 0.771. The van der Waals surface area contributed by atoms with Crippen molar-refractivity contribution in [2.75, 3.05) is 11.6 Å². The van der Waals surface area contributed by atoms with Crippen LogP contribution < -0.4 is 15.4 Å². The molecule has 0 radical (unpaired) electrons. The lowest BCUT2D eigenvalue weighted by molar-refractivity contribution is -0.0498. The van der Waals surface area contributed by atoms with Gasteiger partial charge in [0.2, 0.25) is 0 Å². The van der Waals surface area contributed by atoms with Crippen molar-refractivity contribution in [2.24, 2.45) is 0 Å². The molecule has 0 heterocycles. The van der Waals surface area contributed by atoms with Gasteiger partial charge < -0.3 is 15.4 Å². The first-order valence-corrected chi connectivity index (χ1v) is 8.02. The molecular weight excluding hydrogens is 322 g/mol. The van der Waals surface area contributed by atoms with E-state index in [1.54, 1.807) is 30.0 Å². The van der Waals surface area contributed by atoms with Crippen LogP contribution in [0.4, 0.5) is 19.3 Å². The number of urea groups is 1. The zero-order chi connectivity index (χ0) is 16.7. The largest absolute Gasteiger partial charge is 0.435 e. The Morgan fingerprint density at radius 2 is 1.96 bits per heavy atom. The molecule has 0 aliphatic carbocycles. The first-order valence-electron chi connectivity index (χ1n) is 6.79. The number of benzene rings is 2. The van der Waals surface area contributed by atoms with E-state index in [-0.39, 0.29) is 18.3 Å². The molecule has 0 saturated carbocycles. The van der Waals surface area contributed by atoms with Gasteiger partial charge in [0.05, 0.1) is 0 Å². The molecule has 0 aliphatic rings. The highest BCUT2D eigenvalue weighted by atomic mass is 32.2. The third-order valence-corrected chi connectivity index (χ3v) is 3.65. The Labute approximate surface area is 137 Å². The highest BCUT2D eigenvalue weighted by Gasteiger charge is 2.05. The molecule has 0 aliphatic heterocycles. The van der Waals surface area contributed by atoms with Crippen molar-refractivity contribution in [3.8, 4) is 5.75 Å². The van der Waals surface area contributed by atoms with E-state index in [9.17, 15) is 13.6 Å². The second kappa shape index (κ2) is 8.38. The fraction of sp³-hybridized carbons (Fsp3) is 0.188. The smallest absolute Gasteiger partial charge is 0.387 e. The fourth-order valence-corrected chi connectivity index (χ4v) is 2.31. The van der Waals surface area contributed by atoms with Crippen LogP contribution in [0.5, 0.6) is 5.75 Å². The molecule has 0 aromatic heterocycles. The monoisotopic (exact) mass is 338 g/mol. The summed E-state index contributed by atoms with van der Waals surface area (Å²) in [7, 11) is 0. The van der Waals surface area contributed by atoms with Crippen LogP contribution in [0, 0.1) is 0 Å². The molecule has 0 atom stereocenters. The molecule has 2 N–H and O–H groups in total. The van der Waals surface area contributed by atoms with Gasteiger partial charge in [0.25, 0.3) is 0 Å². The summed E-state index contributed by atoms with van der Waals surface area (Å²) in [6, 6.07) is 13.3. The number of halogens is 2. The Kier molecular flexibility index (Phi) is 6.22. The third-order valence-electron chi connectivity index (χ3n) is 2.93. The average Bonchev–Trinajstić information content (AvgIpc) is 2.54. The second-order valence-electron chi connectivity index (χ2n) is 4.56. The van der Waals surface area contributed by atoms with Gasteiger partial charge in [0, 0.05) is 17.1 Å². The van der Waals surface area contributed by atoms with E-state index in [2.05, 4.69) is 15.4 Å². The number of nitrogens with one attached hydrogen (secondary N) is 2. The molecule has 23 heavy (non-hydrogen) atoms. The summed E-state index contributed by atoms with van der Waals surface area (Å²) in [5, 5.41) is 5.44. The van der Waals surface area contributed by atoms with Gasteiger partial charge in [-0.2, -0.15) is 8.78 Å². The highest BCUT2D eigenvalue weighted by molar-refractivity contribution is 7.98. The molecule has 2 amide bonds. The molecule has 2 rings (SSSR count). The van der Waals surface area contributed by atoms with E-state index in [0.29, 0.717) is 5.69 Å². The van der Waals surface area contributed by atoms with Gasteiger partial charge in [-0.1, -0.05) is 18.2 Å². The molecule has 0 saturated heterocycles. The Balaban J connectivity index is 1.84. The summed E-state index contributed by atoms with van der Waals surface area (Å²) >= 11 is 1.59. The molecule has 2 aromatic carbocycles. The zero-order valence-electron chi connectivity index (χ0n) is 12.4. The molecule has 0 bridgehead atoms. The summed E-state index contributed by atoms with van der Waals surface area (Å²) in [6.45, 7) is -2.56. The normalized spacial score (nSPS) is 10.4. The maximum Gasteiger partial charge on any atom is 0.387 e. The summed E-state index contributed by atoms with van der Waals surface area (Å²) in [5.41, 5.74) is 1.48. The molecule has 122 valence electrons. The first kappa shape index (κ1) is 17.1. The summed E-state index contributed by atoms with van der Waals surface area (Å²) in [6.07, 6.45) is 1.96. The molecule has 2 aromatic rings. The predicted octanol–water partition coefficient (Wildman–Crippen LogP) is 4.33. The molecule has 0 unspecified atom stereocenters. The van der Waals surface area contributed by atoms with Gasteiger partial charge in [-0.05, 0) is 42.2 Å². The maximum atomic E-state index is 12.0. The van der Waals surface area contributed by atoms with Crippen molar-refractivity contribution in [1.82, 2.24) is 5.32 Å². The Bertz CT molecular complexity index is 651. The predicted molar refractivity (Wildman–Crippen MR) is 87.2 cm³/mol. The second-order valence-corrected chi connectivity index (χ2v) is 5.44. The lowest BCUT2D eigenvalue weighted by Crippen LogP contribution is -2.28. The number of carbonyl (C=O) groups excluding carboxylic acids is 1. The highest BCUT2D eigenvalue weighted by Crippen LogP contribution is 2.19. The molecule has 0 spiro atoms. The minimum absolute atomic E-state index is 0.0853. The molecular formula is C16H16F2N2O2S. The van der Waals surface area contributed by atoms with E-state index < -0.39 is 6.61 Å². The number of amides is 2. The zero-order valence-corrected chi connectivity index (χ0v) is 13.2. The van der Waals surface area contributed by atoms with Crippen LogP contribution in [0.25, 0.3) is 0 Å². The number of rotatable bonds is 6. The number of alkyl halides is 2. The van der Waals surface area contributed by atoms with Crippen LogP contribution in [0.15, 0.2) is 53.4 Å². The van der Waals surface area contributed by atoms with Crippen molar-refractivity contribution in [2.45, 2.75) is 18.1 Å². The summed E-state index contributed by atoms with van der Waals surface area (Å²) in [5.74, 6) is 0.0853. The first-order chi connectivity index (χ1) is 11.1. The lowest BCUT2D eigenvalue weighted by Gasteiger charge is -2.09. The fourth-order valence-electron chi connectivity index (χ4n) is 1.85. The van der Waals surface area contributed by atoms with Crippen LogP contribution >= 0.6 is 11.8 Å². The van der Waals surface area contributed by atoms with Crippen LogP contribution in [-0.4, -0.2) is 18.9 Å². The van der Waals surface area contributed by atoms with Gasteiger partial charge in [0.1, 0.15) is 5.75 Å². The van der Waals surface area contributed by atoms with Gasteiger partial charge in [-0.25, -0.2) is 4.79 Å². The van der Waals surface area contributed by atoms with E-state index in [0.717, 1.165) is 10.5 Å². The summed E-state index contributed by atoms with van der Waals surface area (Å²) < 4.78 is 28.4. The number of hydrogen-bond acceptors (Lipinski definition) is 3. The standard InChI is InChI=1S/C16H16F2N2O2S/c1-23-14-4-2-3-12(9-14)20-16(21)19-10-11-5-7-13(8-6-11)22-15(17)18/h2-9,15H,10H2,1H3,(H2,19,20,21). The number of thioether (sulfide) groups is 1. The number of ether oxygens (including phenoxy) is 1. The SMILES string of the molecule is CSc1cccc(NC(=O)NCc2ccc(OC(F)F)cc2)c1. The van der Waals surface area contributed by atoms with Crippen molar-refractivity contribution < 1.29 is 18.3 Å². The maximum absolute atomic E-state index is 12.0. The third kappa shape index (κ3) is 5.78. The van der Waals surface area contributed by atoms with Crippen LogP contribution in [0.2, 0.25) is 0 Å². The van der Waals surface area contributed by atoms with Crippen molar-refractivity contribution in [3.63, 3.8) is 0 Å². The Hall–Kier alpha value is -2.28. The lowest BCUT2D eigenvalue weighted by atomic mass is 10.2.